The highest BCUT2D eigenvalue weighted by Gasteiger charge is 2.13. The molecule has 0 bridgehead atoms. The first-order valence-corrected chi connectivity index (χ1v) is 5.48. The van der Waals surface area contributed by atoms with Crippen molar-refractivity contribution in [3.8, 4) is 11.5 Å². The average Bonchev–Trinajstić information content (AvgIpc) is 2.34. The summed E-state index contributed by atoms with van der Waals surface area (Å²) in [4.78, 5) is 14.0. The predicted octanol–water partition coefficient (Wildman–Crippen LogP) is 2.42. The number of nitrogens with zero attached hydrogens (tertiary/aromatic N) is 1. The van der Waals surface area contributed by atoms with Crippen LogP contribution in [0.5, 0.6) is 11.5 Å². The Labute approximate surface area is 119 Å². The molecule has 0 atom stereocenters. The zero-order valence-electron chi connectivity index (χ0n) is 11.2. The van der Waals surface area contributed by atoms with Crippen LogP contribution >= 0.6 is 17.0 Å². The number of benzene rings is 1. The third-order valence-electron chi connectivity index (χ3n) is 2.50. The first-order valence-electron chi connectivity index (χ1n) is 5.48. The van der Waals surface area contributed by atoms with Crippen LogP contribution in [0, 0.1) is 0 Å². The molecule has 0 unspecified atom stereocenters. The third kappa shape index (κ3) is 4.66. The molecule has 1 rings (SSSR count). The molecule has 0 aliphatic carbocycles. The Morgan fingerprint density at radius 1 is 1.22 bits per heavy atom. The SMILES string of the molecule is Br.COc1ccc(C(=O)CCN(C)C)c(OC)c1. The van der Waals surface area contributed by atoms with E-state index in [0.717, 1.165) is 6.54 Å². The topological polar surface area (TPSA) is 38.8 Å². The zero-order chi connectivity index (χ0) is 12.8. The van der Waals surface area contributed by atoms with Gasteiger partial charge in [-0.3, -0.25) is 4.79 Å². The van der Waals surface area contributed by atoms with E-state index in [2.05, 4.69) is 0 Å². The molecule has 0 saturated heterocycles. The van der Waals surface area contributed by atoms with Crippen molar-refractivity contribution in [2.75, 3.05) is 34.9 Å². The second-order valence-electron chi connectivity index (χ2n) is 4.04. The summed E-state index contributed by atoms with van der Waals surface area (Å²) < 4.78 is 10.3. The lowest BCUT2D eigenvalue weighted by atomic mass is 10.1. The Kier molecular flexibility index (Phi) is 7.62. The van der Waals surface area contributed by atoms with Crippen molar-refractivity contribution in [1.82, 2.24) is 4.90 Å². The molecule has 0 spiro atoms. The number of halogens is 1. The van der Waals surface area contributed by atoms with Crippen LogP contribution in [0.1, 0.15) is 16.8 Å². The first kappa shape index (κ1) is 16.9. The molecule has 0 fully saturated rings. The van der Waals surface area contributed by atoms with Crippen LogP contribution < -0.4 is 9.47 Å². The van der Waals surface area contributed by atoms with Crippen LogP contribution in [0.3, 0.4) is 0 Å². The summed E-state index contributed by atoms with van der Waals surface area (Å²) in [6.07, 6.45) is 0.482. The minimum atomic E-state index is 0. The number of ether oxygens (including phenoxy) is 2. The molecule has 4 nitrogen and oxygen atoms in total. The van der Waals surface area contributed by atoms with Gasteiger partial charge in [0.05, 0.1) is 19.8 Å². The molecule has 0 heterocycles. The van der Waals surface area contributed by atoms with Gasteiger partial charge in [0.1, 0.15) is 11.5 Å². The highest BCUT2D eigenvalue weighted by molar-refractivity contribution is 8.93. The van der Waals surface area contributed by atoms with Gasteiger partial charge >= 0.3 is 0 Å². The van der Waals surface area contributed by atoms with Gasteiger partial charge < -0.3 is 14.4 Å². The van der Waals surface area contributed by atoms with Gasteiger partial charge in [-0.15, -0.1) is 17.0 Å². The van der Waals surface area contributed by atoms with Crippen LogP contribution in [-0.4, -0.2) is 45.5 Å². The Balaban J connectivity index is 0.00000289. The molecule has 0 aromatic heterocycles. The summed E-state index contributed by atoms with van der Waals surface area (Å²) in [7, 11) is 7.02. The summed E-state index contributed by atoms with van der Waals surface area (Å²) in [5, 5.41) is 0. The van der Waals surface area contributed by atoms with Crippen LogP contribution in [0.4, 0.5) is 0 Å². The lowest BCUT2D eigenvalue weighted by Gasteiger charge is -2.11. The molecule has 1 aromatic rings. The summed E-state index contributed by atoms with van der Waals surface area (Å²) in [6.45, 7) is 0.730. The maximum Gasteiger partial charge on any atom is 0.167 e. The second-order valence-corrected chi connectivity index (χ2v) is 4.04. The van der Waals surface area contributed by atoms with Gasteiger partial charge in [0, 0.05) is 19.0 Å². The summed E-state index contributed by atoms with van der Waals surface area (Å²) >= 11 is 0. The van der Waals surface area contributed by atoms with E-state index in [1.807, 2.05) is 19.0 Å². The molecule has 0 radical (unpaired) electrons. The van der Waals surface area contributed by atoms with E-state index in [0.29, 0.717) is 23.5 Å². The van der Waals surface area contributed by atoms with Gasteiger partial charge in [-0.1, -0.05) is 0 Å². The van der Waals surface area contributed by atoms with Crippen LogP contribution in [0.25, 0.3) is 0 Å². The summed E-state index contributed by atoms with van der Waals surface area (Å²) in [5.41, 5.74) is 0.607. The molecule has 0 saturated carbocycles. The van der Waals surface area contributed by atoms with Gasteiger partial charge in [0.25, 0.3) is 0 Å². The van der Waals surface area contributed by atoms with Crippen LogP contribution in [0.2, 0.25) is 0 Å². The van der Waals surface area contributed by atoms with Gasteiger partial charge in [-0.05, 0) is 26.2 Å². The van der Waals surface area contributed by atoms with Gasteiger partial charge in [0.2, 0.25) is 0 Å². The minimum absolute atomic E-state index is 0. The van der Waals surface area contributed by atoms with Crippen molar-refractivity contribution in [2.45, 2.75) is 6.42 Å². The van der Waals surface area contributed by atoms with E-state index in [4.69, 9.17) is 9.47 Å². The number of hydrogen-bond acceptors (Lipinski definition) is 4. The molecule has 18 heavy (non-hydrogen) atoms. The highest BCUT2D eigenvalue weighted by atomic mass is 79.9. The fourth-order valence-electron chi connectivity index (χ4n) is 1.49. The zero-order valence-corrected chi connectivity index (χ0v) is 12.9. The van der Waals surface area contributed by atoms with E-state index in [-0.39, 0.29) is 22.8 Å². The lowest BCUT2D eigenvalue weighted by Crippen LogP contribution is -2.17. The molecule has 0 aliphatic heterocycles. The van der Waals surface area contributed by atoms with Crippen LogP contribution in [-0.2, 0) is 0 Å². The van der Waals surface area contributed by atoms with E-state index in [1.165, 1.54) is 0 Å². The Morgan fingerprint density at radius 3 is 2.39 bits per heavy atom. The first-order chi connectivity index (χ1) is 8.08. The monoisotopic (exact) mass is 317 g/mol. The molecular formula is C13H20BrNO3. The quantitative estimate of drug-likeness (QED) is 0.755. The Hall–Kier alpha value is -1.07. The number of Topliss-reactive ketones (excluding diaryl/α,β-unsaturated/α-hetero) is 1. The number of methoxy groups -OCH3 is 2. The fraction of sp³-hybridized carbons (Fsp3) is 0.462. The number of rotatable bonds is 6. The average molecular weight is 318 g/mol. The van der Waals surface area contributed by atoms with Gasteiger partial charge in [-0.25, -0.2) is 0 Å². The maximum absolute atomic E-state index is 12.0. The van der Waals surface area contributed by atoms with Crippen molar-refractivity contribution in [2.24, 2.45) is 0 Å². The summed E-state index contributed by atoms with van der Waals surface area (Å²) in [5.74, 6) is 1.33. The molecule has 1 aromatic carbocycles. The molecular weight excluding hydrogens is 298 g/mol. The lowest BCUT2D eigenvalue weighted by molar-refractivity contribution is 0.0969. The molecule has 0 amide bonds. The highest BCUT2D eigenvalue weighted by Crippen LogP contribution is 2.25. The van der Waals surface area contributed by atoms with E-state index >= 15 is 0 Å². The van der Waals surface area contributed by atoms with Crippen molar-refractivity contribution in [3.05, 3.63) is 23.8 Å². The normalized spacial score (nSPS) is 9.83. The fourth-order valence-corrected chi connectivity index (χ4v) is 1.49. The summed E-state index contributed by atoms with van der Waals surface area (Å²) in [6, 6.07) is 5.24. The minimum Gasteiger partial charge on any atom is -0.497 e. The van der Waals surface area contributed by atoms with Crippen molar-refractivity contribution >= 4 is 22.8 Å². The number of carbonyl (C=O) groups excluding carboxylic acids is 1. The smallest absolute Gasteiger partial charge is 0.167 e. The van der Waals surface area contributed by atoms with E-state index in [9.17, 15) is 4.79 Å². The van der Waals surface area contributed by atoms with E-state index in [1.54, 1.807) is 32.4 Å². The van der Waals surface area contributed by atoms with Gasteiger partial charge in [-0.2, -0.15) is 0 Å². The van der Waals surface area contributed by atoms with Gasteiger partial charge in [0.15, 0.2) is 5.78 Å². The molecule has 0 aliphatic rings. The Morgan fingerprint density at radius 2 is 1.89 bits per heavy atom. The maximum atomic E-state index is 12.0. The van der Waals surface area contributed by atoms with Crippen molar-refractivity contribution in [1.29, 1.82) is 0 Å². The standard InChI is InChI=1S/C13H19NO3.BrH/c1-14(2)8-7-12(15)11-6-5-10(16-3)9-13(11)17-4;/h5-6,9H,7-8H2,1-4H3;1H. The van der Waals surface area contributed by atoms with Crippen LogP contribution in [0.15, 0.2) is 18.2 Å². The molecule has 5 heteroatoms. The number of ketones is 1. The number of hydrogen-bond donors (Lipinski definition) is 0. The third-order valence-corrected chi connectivity index (χ3v) is 2.50. The predicted molar refractivity (Wildman–Crippen MR) is 77.4 cm³/mol. The van der Waals surface area contributed by atoms with Crippen molar-refractivity contribution < 1.29 is 14.3 Å². The van der Waals surface area contributed by atoms with E-state index < -0.39 is 0 Å². The molecule has 102 valence electrons. The largest absolute Gasteiger partial charge is 0.497 e. The second kappa shape index (κ2) is 8.11. The number of carbonyl (C=O) groups is 1. The Bertz CT molecular complexity index is 394. The van der Waals surface area contributed by atoms with Crippen molar-refractivity contribution in [3.63, 3.8) is 0 Å². The molecule has 0 N–H and O–H groups in total.